The second kappa shape index (κ2) is 10.1. The summed E-state index contributed by atoms with van der Waals surface area (Å²) in [5.41, 5.74) is 4.41. The van der Waals surface area contributed by atoms with Gasteiger partial charge in [-0.15, -0.1) is 0 Å². The Morgan fingerprint density at radius 3 is 1.81 bits per heavy atom. The third kappa shape index (κ3) is 5.45. The van der Waals surface area contributed by atoms with E-state index in [1.165, 1.54) is 6.21 Å². The Hall–Kier alpha value is -1.60. The molecule has 27 heavy (non-hydrogen) atoms. The van der Waals surface area contributed by atoms with E-state index in [1.54, 1.807) is 27.7 Å². The number of halogens is 4. The zero-order valence-corrected chi connectivity index (χ0v) is 18.3. The molecule has 0 bridgehead atoms. The molecule has 10 heteroatoms. The van der Waals surface area contributed by atoms with E-state index in [1.807, 2.05) is 6.92 Å². The van der Waals surface area contributed by atoms with Crippen LogP contribution in [0.3, 0.4) is 0 Å². The third-order valence-corrected chi connectivity index (χ3v) is 5.41. The highest BCUT2D eigenvalue weighted by Gasteiger charge is 2.14. The van der Waals surface area contributed by atoms with Gasteiger partial charge in [-0.1, -0.05) is 56.7 Å². The molecule has 2 rings (SSSR count). The molecule has 0 aliphatic heterocycles. The average Bonchev–Trinajstić information content (AvgIpc) is 2.62. The van der Waals surface area contributed by atoms with E-state index in [0.29, 0.717) is 43.4 Å². The number of pyridine rings is 2. The van der Waals surface area contributed by atoms with Gasteiger partial charge < -0.3 is 10.4 Å². The van der Waals surface area contributed by atoms with Crippen LogP contribution in [0, 0.1) is 27.7 Å². The maximum Gasteiger partial charge on any atom is 0.138 e. The Bertz CT molecular complexity index is 915. The zero-order chi connectivity index (χ0) is 20.9. The molecule has 0 aliphatic carbocycles. The van der Waals surface area contributed by atoms with Crippen molar-refractivity contribution < 1.29 is 10.4 Å². The van der Waals surface area contributed by atoms with Crippen molar-refractivity contribution in [1.29, 1.82) is 0 Å². The SMILES string of the molecule is C/C(=N/O)c1c(Cl)nc(C)c(Cl)c1C.Cc1nc(Cl)c(/C=N\O)c(C)c1Cl. The molecule has 0 unspecified atom stereocenters. The lowest BCUT2D eigenvalue weighted by Crippen LogP contribution is -2.03. The molecule has 0 radical (unpaired) electrons. The summed E-state index contributed by atoms with van der Waals surface area (Å²) >= 11 is 23.7. The molecule has 0 spiro atoms. The fourth-order valence-electron chi connectivity index (χ4n) is 2.27. The Labute approximate surface area is 177 Å². The van der Waals surface area contributed by atoms with Gasteiger partial charge in [0, 0.05) is 11.1 Å². The summed E-state index contributed by atoms with van der Waals surface area (Å²) in [6.45, 7) is 8.78. The highest BCUT2D eigenvalue weighted by molar-refractivity contribution is 6.36. The van der Waals surface area contributed by atoms with Crippen LogP contribution in [0.2, 0.25) is 20.4 Å². The average molecular weight is 452 g/mol. The van der Waals surface area contributed by atoms with Gasteiger partial charge in [0.2, 0.25) is 0 Å². The molecular weight excluding hydrogens is 434 g/mol. The Morgan fingerprint density at radius 1 is 0.852 bits per heavy atom. The predicted molar refractivity (Wildman–Crippen MR) is 111 cm³/mol. The number of nitrogens with zero attached hydrogens (tertiary/aromatic N) is 4. The second-order valence-electron chi connectivity index (χ2n) is 5.57. The number of hydrogen-bond donors (Lipinski definition) is 2. The van der Waals surface area contributed by atoms with E-state index in [9.17, 15) is 0 Å². The number of aryl methyl sites for hydroxylation is 2. The molecule has 0 atom stereocenters. The molecule has 0 fully saturated rings. The van der Waals surface area contributed by atoms with Crippen LogP contribution in [-0.2, 0) is 0 Å². The molecule has 146 valence electrons. The summed E-state index contributed by atoms with van der Waals surface area (Å²) < 4.78 is 0. The first-order valence-electron chi connectivity index (χ1n) is 7.57. The van der Waals surface area contributed by atoms with Crippen LogP contribution in [0.1, 0.15) is 40.6 Å². The summed E-state index contributed by atoms with van der Waals surface area (Å²) in [6, 6.07) is 0. The van der Waals surface area contributed by atoms with E-state index in [2.05, 4.69) is 20.3 Å². The van der Waals surface area contributed by atoms with Crippen molar-refractivity contribution >= 4 is 58.3 Å². The summed E-state index contributed by atoms with van der Waals surface area (Å²) in [7, 11) is 0. The molecule has 2 aromatic heterocycles. The molecule has 6 nitrogen and oxygen atoms in total. The zero-order valence-electron chi connectivity index (χ0n) is 15.3. The number of oxime groups is 2. The number of rotatable bonds is 2. The second-order valence-corrected chi connectivity index (χ2v) is 7.04. The molecule has 2 heterocycles. The van der Waals surface area contributed by atoms with E-state index in [-0.39, 0.29) is 5.15 Å². The van der Waals surface area contributed by atoms with Crippen molar-refractivity contribution in [2.75, 3.05) is 0 Å². The fraction of sp³-hybridized carbons (Fsp3) is 0.294. The molecule has 0 aromatic carbocycles. The standard InChI is InChI=1S/C9H10Cl2N2O.C8H8Cl2N2O/c1-4-7(5(2)13-14)9(11)12-6(3)8(4)10;1-4-6(3-11-13)8(10)12-5(2)7(4)9/h14H,1-3H3;3,13H,1-2H3/b13-5-;11-3-. The largest absolute Gasteiger partial charge is 0.411 e. The summed E-state index contributed by atoms with van der Waals surface area (Å²) in [5, 5.41) is 24.7. The molecule has 0 saturated carbocycles. The Morgan fingerprint density at radius 2 is 1.33 bits per heavy atom. The lowest BCUT2D eigenvalue weighted by atomic mass is 10.1. The maximum atomic E-state index is 8.66. The summed E-state index contributed by atoms with van der Waals surface area (Å²) in [5.74, 6) is 0. The van der Waals surface area contributed by atoms with Crippen molar-refractivity contribution in [2.45, 2.75) is 34.6 Å². The highest BCUT2D eigenvalue weighted by Crippen LogP contribution is 2.27. The van der Waals surface area contributed by atoms with Gasteiger partial charge in [0.15, 0.2) is 0 Å². The molecule has 0 aliphatic rings. The van der Waals surface area contributed by atoms with Gasteiger partial charge in [-0.05, 0) is 45.7 Å². The molecule has 0 saturated heterocycles. The predicted octanol–water partition coefficient (Wildman–Crippen LogP) is 6.02. The van der Waals surface area contributed by atoms with Crippen LogP contribution in [0.5, 0.6) is 0 Å². The van der Waals surface area contributed by atoms with Crippen molar-refractivity contribution in [1.82, 2.24) is 9.97 Å². The minimum Gasteiger partial charge on any atom is -0.411 e. The monoisotopic (exact) mass is 450 g/mol. The molecular formula is C17H18Cl4N4O2. The molecule has 0 amide bonds. The van der Waals surface area contributed by atoms with Gasteiger partial charge in [-0.2, -0.15) is 0 Å². The van der Waals surface area contributed by atoms with E-state index >= 15 is 0 Å². The molecule has 2 N–H and O–H groups in total. The van der Waals surface area contributed by atoms with E-state index < -0.39 is 0 Å². The van der Waals surface area contributed by atoms with Crippen molar-refractivity contribution in [3.63, 3.8) is 0 Å². The Balaban J connectivity index is 0.000000271. The maximum absolute atomic E-state index is 8.66. The first-order chi connectivity index (χ1) is 12.6. The van der Waals surface area contributed by atoms with Gasteiger partial charge in [0.1, 0.15) is 10.3 Å². The first-order valence-corrected chi connectivity index (χ1v) is 9.08. The lowest BCUT2D eigenvalue weighted by Gasteiger charge is -2.09. The van der Waals surface area contributed by atoms with Gasteiger partial charge >= 0.3 is 0 Å². The van der Waals surface area contributed by atoms with Crippen molar-refractivity contribution in [3.8, 4) is 0 Å². The van der Waals surface area contributed by atoms with Gasteiger partial charge in [-0.25, -0.2) is 9.97 Å². The van der Waals surface area contributed by atoms with Crippen molar-refractivity contribution in [3.05, 3.63) is 54.0 Å². The lowest BCUT2D eigenvalue weighted by molar-refractivity contribution is 0.319. The minimum absolute atomic E-state index is 0.289. The van der Waals surface area contributed by atoms with Crippen LogP contribution in [0.4, 0.5) is 0 Å². The van der Waals surface area contributed by atoms with E-state index in [0.717, 1.165) is 11.1 Å². The van der Waals surface area contributed by atoms with Crippen LogP contribution in [0.15, 0.2) is 10.3 Å². The Kier molecular flexibility index (Phi) is 8.75. The fourth-order valence-corrected chi connectivity index (χ4v) is 3.27. The highest BCUT2D eigenvalue weighted by atomic mass is 35.5. The third-order valence-electron chi connectivity index (χ3n) is 3.73. The van der Waals surface area contributed by atoms with Crippen molar-refractivity contribution in [2.24, 2.45) is 10.3 Å². The van der Waals surface area contributed by atoms with Gasteiger partial charge in [-0.3, -0.25) is 0 Å². The smallest absolute Gasteiger partial charge is 0.138 e. The van der Waals surface area contributed by atoms with Crippen LogP contribution < -0.4 is 0 Å². The summed E-state index contributed by atoms with van der Waals surface area (Å²) in [4.78, 5) is 8.03. The minimum atomic E-state index is 0.289. The van der Waals surface area contributed by atoms with Gasteiger partial charge in [0.25, 0.3) is 0 Å². The normalized spacial score (nSPS) is 11.5. The van der Waals surface area contributed by atoms with E-state index in [4.69, 9.17) is 56.8 Å². The number of aromatic nitrogens is 2. The van der Waals surface area contributed by atoms with Gasteiger partial charge in [0.05, 0.1) is 33.4 Å². The first kappa shape index (κ1) is 23.4. The topological polar surface area (TPSA) is 91.0 Å². The van der Waals surface area contributed by atoms with Crippen LogP contribution in [-0.4, -0.2) is 32.3 Å². The molecule has 2 aromatic rings. The van der Waals surface area contributed by atoms with Crippen LogP contribution >= 0.6 is 46.4 Å². The van der Waals surface area contributed by atoms with Crippen LogP contribution in [0.25, 0.3) is 0 Å². The quantitative estimate of drug-likeness (QED) is 0.253. The number of hydrogen-bond acceptors (Lipinski definition) is 6. The summed E-state index contributed by atoms with van der Waals surface area (Å²) in [6.07, 6.45) is 1.22.